The van der Waals surface area contributed by atoms with E-state index in [2.05, 4.69) is 12.3 Å². The molecule has 1 aliphatic heterocycles. The molecule has 4 nitrogen and oxygen atoms in total. The molecule has 0 saturated carbocycles. The summed E-state index contributed by atoms with van der Waals surface area (Å²) in [6, 6.07) is 0.311. The Balaban J connectivity index is 2.36. The molecule has 0 aliphatic carbocycles. The van der Waals surface area contributed by atoms with Gasteiger partial charge in [0.1, 0.15) is 6.04 Å². The van der Waals surface area contributed by atoms with Gasteiger partial charge in [-0.3, -0.25) is 4.79 Å². The van der Waals surface area contributed by atoms with Crippen molar-refractivity contribution in [3.05, 3.63) is 0 Å². The van der Waals surface area contributed by atoms with Gasteiger partial charge in [0, 0.05) is 13.1 Å². The summed E-state index contributed by atoms with van der Waals surface area (Å²) in [5, 5.41) is 2.01. The number of hydrogen-bond acceptors (Lipinski definition) is 4. The summed E-state index contributed by atoms with van der Waals surface area (Å²) in [5.41, 5.74) is 3.12. The van der Waals surface area contributed by atoms with E-state index in [1.165, 1.54) is 0 Å². The number of carbonyl (C=O) groups is 1. The van der Waals surface area contributed by atoms with Gasteiger partial charge in [-0.2, -0.15) is 0 Å². The van der Waals surface area contributed by atoms with Crippen molar-refractivity contribution in [2.75, 3.05) is 13.7 Å². The maximum atomic E-state index is 11.5. The third kappa shape index (κ3) is 2.69. The monoisotopic (exact) mass is 200 g/mol. The molecule has 2 unspecified atom stereocenters. The van der Waals surface area contributed by atoms with E-state index in [4.69, 9.17) is 4.74 Å². The lowest BCUT2D eigenvalue weighted by molar-refractivity contribution is -0.146. The predicted octanol–water partition coefficient (Wildman–Crippen LogP) is 0.927. The van der Waals surface area contributed by atoms with Crippen LogP contribution in [0.5, 0.6) is 0 Å². The van der Waals surface area contributed by atoms with E-state index in [1.807, 2.05) is 19.0 Å². The van der Waals surface area contributed by atoms with Crippen molar-refractivity contribution >= 4 is 5.97 Å². The molecule has 2 atom stereocenters. The number of hydrogen-bond donors (Lipinski definition) is 1. The number of esters is 1. The SMILES string of the molecule is CCCOC(=O)C1CC(CC)N(C)N1. The summed E-state index contributed by atoms with van der Waals surface area (Å²) in [7, 11) is 1.97. The minimum absolute atomic E-state index is 0.116. The molecule has 1 N–H and O–H groups in total. The molecule has 0 radical (unpaired) electrons. The third-order valence-corrected chi connectivity index (χ3v) is 2.62. The van der Waals surface area contributed by atoms with Crippen LogP contribution < -0.4 is 5.43 Å². The molecular weight excluding hydrogens is 180 g/mol. The lowest BCUT2D eigenvalue weighted by Crippen LogP contribution is -2.39. The van der Waals surface area contributed by atoms with Gasteiger partial charge in [0.15, 0.2) is 0 Å². The van der Waals surface area contributed by atoms with Crippen LogP contribution in [0.3, 0.4) is 0 Å². The summed E-state index contributed by atoms with van der Waals surface area (Å²) in [4.78, 5) is 11.5. The lowest BCUT2D eigenvalue weighted by atomic mass is 10.1. The van der Waals surface area contributed by atoms with Crippen LogP contribution in [-0.4, -0.2) is 36.7 Å². The summed E-state index contributed by atoms with van der Waals surface area (Å²) in [6.45, 7) is 4.65. The van der Waals surface area contributed by atoms with Gasteiger partial charge in [0.25, 0.3) is 0 Å². The highest BCUT2D eigenvalue weighted by molar-refractivity contribution is 5.76. The van der Waals surface area contributed by atoms with Crippen molar-refractivity contribution < 1.29 is 9.53 Å². The number of nitrogens with zero attached hydrogens (tertiary/aromatic N) is 1. The molecule has 0 spiro atoms. The second-order valence-electron chi connectivity index (χ2n) is 3.76. The topological polar surface area (TPSA) is 41.6 Å². The van der Waals surface area contributed by atoms with Gasteiger partial charge in [-0.15, -0.1) is 0 Å². The number of rotatable bonds is 4. The van der Waals surface area contributed by atoms with E-state index >= 15 is 0 Å². The van der Waals surface area contributed by atoms with Crippen LogP contribution in [0, 0.1) is 0 Å². The molecule has 1 heterocycles. The maximum Gasteiger partial charge on any atom is 0.324 e. The average Bonchev–Trinajstić information content (AvgIpc) is 2.56. The van der Waals surface area contributed by atoms with Gasteiger partial charge >= 0.3 is 5.97 Å². The Bertz CT molecular complexity index is 197. The average molecular weight is 200 g/mol. The molecule has 14 heavy (non-hydrogen) atoms. The molecular formula is C10H20N2O2. The Morgan fingerprint density at radius 3 is 2.79 bits per heavy atom. The van der Waals surface area contributed by atoms with Crippen LogP contribution in [-0.2, 0) is 9.53 Å². The van der Waals surface area contributed by atoms with Crippen molar-refractivity contribution in [1.29, 1.82) is 0 Å². The third-order valence-electron chi connectivity index (χ3n) is 2.62. The Hall–Kier alpha value is -0.610. The molecule has 1 fully saturated rings. The highest BCUT2D eigenvalue weighted by Crippen LogP contribution is 2.16. The Kier molecular flexibility index (Phi) is 4.35. The summed E-state index contributed by atoms with van der Waals surface area (Å²) < 4.78 is 5.09. The van der Waals surface area contributed by atoms with E-state index in [9.17, 15) is 4.79 Å². The van der Waals surface area contributed by atoms with Gasteiger partial charge in [0.2, 0.25) is 0 Å². The maximum absolute atomic E-state index is 11.5. The Labute approximate surface area is 85.6 Å². The number of ether oxygens (including phenoxy) is 1. The van der Waals surface area contributed by atoms with Crippen LogP contribution in [0.4, 0.5) is 0 Å². The predicted molar refractivity (Wildman–Crippen MR) is 54.6 cm³/mol. The molecule has 0 aromatic carbocycles. The first-order valence-electron chi connectivity index (χ1n) is 5.34. The van der Waals surface area contributed by atoms with E-state index < -0.39 is 0 Å². The minimum Gasteiger partial charge on any atom is -0.465 e. The molecule has 0 aromatic heterocycles. The van der Waals surface area contributed by atoms with E-state index in [-0.39, 0.29) is 12.0 Å². The van der Waals surface area contributed by atoms with Gasteiger partial charge in [0.05, 0.1) is 6.61 Å². The van der Waals surface area contributed by atoms with E-state index in [0.717, 1.165) is 19.3 Å². The summed E-state index contributed by atoms with van der Waals surface area (Å²) in [6.07, 6.45) is 2.79. The fourth-order valence-corrected chi connectivity index (χ4v) is 1.73. The molecule has 0 bridgehead atoms. The molecule has 0 aromatic rings. The quantitative estimate of drug-likeness (QED) is 0.685. The van der Waals surface area contributed by atoms with Crippen molar-refractivity contribution in [1.82, 2.24) is 10.4 Å². The summed E-state index contributed by atoms with van der Waals surface area (Å²) in [5.74, 6) is -0.116. The lowest BCUT2D eigenvalue weighted by Gasteiger charge is -2.16. The smallest absolute Gasteiger partial charge is 0.324 e. The summed E-state index contributed by atoms with van der Waals surface area (Å²) >= 11 is 0. The van der Waals surface area contributed by atoms with E-state index in [1.54, 1.807) is 0 Å². The molecule has 1 saturated heterocycles. The first kappa shape index (κ1) is 11.5. The van der Waals surface area contributed by atoms with Gasteiger partial charge < -0.3 is 4.74 Å². The zero-order valence-electron chi connectivity index (χ0n) is 9.25. The number of hydrazine groups is 1. The van der Waals surface area contributed by atoms with Crippen molar-refractivity contribution in [3.63, 3.8) is 0 Å². The Morgan fingerprint density at radius 2 is 2.29 bits per heavy atom. The molecule has 1 aliphatic rings. The zero-order valence-corrected chi connectivity index (χ0v) is 9.25. The van der Waals surface area contributed by atoms with Crippen LogP contribution in [0.25, 0.3) is 0 Å². The highest BCUT2D eigenvalue weighted by Gasteiger charge is 2.33. The van der Waals surface area contributed by atoms with Gasteiger partial charge in [-0.05, 0) is 19.3 Å². The van der Waals surface area contributed by atoms with Crippen LogP contribution in [0.2, 0.25) is 0 Å². The second-order valence-corrected chi connectivity index (χ2v) is 3.76. The van der Waals surface area contributed by atoms with Crippen LogP contribution >= 0.6 is 0 Å². The molecule has 1 rings (SSSR count). The first-order chi connectivity index (χ1) is 6.69. The van der Waals surface area contributed by atoms with Crippen molar-refractivity contribution in [2.45, 2.75) is 45.2 Å². The van der Waals surface area contributed by atoms with Crippen LogP contribution in [0.1, 0.15) is 33.1 Å². The standard InChI is InChI=1S/C10H20N2O2/c1-4-6-14-10(13)9-7-8(5-2)12(3)11-9/h8-9,11H,4-7H2,1-3H3. The van der Waals surface area contributed by atoms with Crippen molar-refractivity contribution in [3.8, 4) is 0 Å². The van der Waals surface area contributed by atoms with Gasteiger partial charge in [-0.25, -0.2) is 10.4 Å². The first-order valence-corrected chi connectivity index (χ1v) is 5.34. The normalized spacial score (nSPS) is 27.9. The number of nitrogens with one attached hydrogen (secondary N) is 1. The van der Waals surface area contributed by atoms with Crippen molar-refractivity contribution in [2.24, 2.45) is 0 Å². The molecule has 4 heteroatoms. The van der Waals surface area contributed by atoms with Crippen LogP contribution in [0.15, 0.2) is 0 Å². The zero-order chi connectivity index (χ0) is 10.6. The number of carbonyl (C=O) groups excluding carboxylic acids is 1. The second kappa shape index (κ2) is 5.32. The van der Waals surface area contributed by atoms with E-state index in [0.29, 0.717) is 12.6 Å². The van der Waals surface area contributed by atoms with Gasteiger partial charge in [-0.1, -0.05) is 13.8 Å². The minimum atomic E-state index is -0.142. The molecule has 0 amide bonds. The fraction of sp³-hybridized carbons (Fsp3) is 0.900. The molecule has 82 valence electrons. The fourth-order valence-electron chi connectivity index (χ4n) is 1.73. The highest BCUT2D eigenvalue weighted by atomic mass is 16.5. The largest absolute Gasteiger partial charge is 0.465 e. The Morgan fingerprint density at radius 1 is 1.57 bits per heavy atom.